The molecule has 10 heteroatoms. The van der Waals surface area contributed by atoms with E-state index in [2.05, 4.69) is 5.32 Å². The van der Waals surface area contributed by atoms with Crippen molar-refractivity contribution in [1.82, 2.24) is 4.90 Å². The van der Waals surface area contributed by atoms with Crippen LogP contribution in [0.5, 0.6) is 5.75 Å². The standard InChI is InChI=1S/C19H15N3O6S/c1-28-14-8-6-13(7-9-14)20-17(23)11-21-18(24)16(29-19(21)25)10-12-4-2-3-5-15(12)22(26)27/h2-10H,11H2,1H3,(H,20,23)/b16-10+. The molecule has 0 bridgehead atoms. The number of hydrogen-bond acceptors (Lipinski definition) is 7. The minimum Gasteiger partial charge on any atom is -0.497 e. The molecule has 1 N–H and O–H groups in total. The van der Waals surface area contributed by atoms with E-state index in [1.165, 1.54) is 31.4 Å². The number of thioether (sulfide) groups is 1. The van der Waals surface area contributed by atoms with Crippen molar-refractivity contribution in [2.75, 3.05) is 19.0 Å². The molecule has 2 aromatic rings. The molecule has 1 heterocycles. The number of anilines is 1. The lowest BCUT2D eigenvalue weighted by Gasteiger charge is -2.12. The quantitative estimate of drug-likeness (QED) is 0.438. The maximum absolute atomic E-state index is 12.5. The van der Waals surface area contributed by atoms with Crippen LogP contribution < -0.4 is 10.1 Å². The molecule has 0 aromatic heterocycles. The topological polar surface area (TPSA) is 119 Å². The van der Waals surface area contributed by atoms with Gasteiger partial charge in [-0.25, -0.2) is 0 Å². The number of ether oxygens (including phenoxy) is 1. The fraction of sp³-hybridized carbons (Fsp3) is 0.105. The van der Waals surface area contributed by atoms with Crippen LogP contribution >= 0.6 is 11.8 Å². The molecule has 1 aliphatic rings. The van der Waals surface area contributed by atoms with Gasteiger partial charge in [0.15, 0.2) is 0 Å². The van der Waals surface area contributed by atoms with Crippen molar-refractivity contribution in [2.45, 2.75) is 0 Å². The van der Waals surface area contributed by atoms with Gasteiger partial charge in [-0.1, -0.05) is 12.1 Å². The molecular weight excluding hydrogens is 398 g/mol. The molecule has 2 aromatic carbocycles. The number of hydrogen-bond donors (Lipinski definition) is 1. The Hall–Kier alpha value is -3.66. The van der Waals surface area contributed by atoms with Gasteiger partial charge >= 0.3 is 0 Å². The van der Waals surface area contributed by atoms with Crippen LogP contribution in [0.25, 0.3) is 6.08 Å². The first-order chi connectivity index (χ1) is 13.9. The van der Waals surface area contributed by atoms with Crippen LogP contribution in [-0.4, -0.2) is 40.5 Å². The smallest absolute Gasteiger partial charge is 0.294 e. The van der Waals surface area contributed by atoms with E-state index in [4.69, 9.17) is 4.74 Å². The van der Waals surface area contributed by atoms with Crippen LogP contribution in [0.2, 0.25) is 0 Å². The molecule has 9 nitrogen and oxygen atoms in total. The van der Waals surface area contributed by atoms with E-state index in [9.17, 15) is 24.5 Å². The highest BCUT2D eigenvalue weighted by Gasteiger charge is 2.36. The van der Waals surface area contributed by atoms with Crippen molar-refractivity contribution >= 4 is 46.3 Å². The van der Waals surface area contributed by atoms with E-state index in [1.54, 1.807) is 30.3 Å². The summed E-state index contributed by atoms with van der Waals surface area (Å²) in [4.78, 5) is 48.3. The highest BCUT2D eigenvalue weighted by Crippen LogP contribution is 2.33. The number of nitrogens with one attached hydrogen (secondary N) is 1. The highest BCUT2D eigenvalue weighted by molar-refractivity contribution is 8.18. The lowest BCUT2D eigenvalue weighted by Crippen LogP contribution is -2.36. The maximum atomic E-state index is 12.5. The minimum atomic E-state index is -0.678. The zero-order valence-electron chi connectivity index (χ0n) is 15.2. The molecule has 0 atom stereocenters. The van der Waals surface area contributed by atoms with Crippen molar-refractivity contribution in [2.24, 2.45) is 0 Å². The fourth-order valence-corrected chi connectivity index (χ4v) is 3.40. The molecule has 1 saturated heterocycles. The summed E-state index contributed by atoms with van der Waals surface area (Å²) in [5.41, 5.74) is 0.500. The molecule has 0 spiro atoms. The molecule has 1 aliphatic heterocycles. The summed E-state index contributed by atoms with van der Waals surface area (Å²) >= 11 is 0.630. The second kappa shape index (κ2) is 8.57. The van der Waals surface area contributed by atoms with Gasteiger partial charge in [-0.3, -0.25) is 29.4 Å². The number of benzene rings is 2. The maximum Gasteiger partial charge on any atom is 0.294 e. The Labute approximate surface area is 169 Å². The first-order valence-electron chi connectivity index (χ1n) is 8.31. The van der Waals surface area contributed by atoms with Gasteiger partial charge in [-0.2, -0.15) is 0 Å². The van der Waals surface area contributed by atoms with Crippen LogP contribution in [0.3, 0.4) is 0 Å². The van der Waals surface area contributed by atoms with Gasteiger partial charge < -0.3 is 10.1 Å². The predicted molar refractivity (Wildman–Crippen MR) is 107 cm³/mol. The zero-order valence-corrected chi connectivity index (χ0v) is 16.0. The number of carbonyl (C=O) groups is 3. The number of amides is 3. The highest BCUT2D eigenvalue weighted by atomic mass is 32.2. The Kier molecular flexibility index (Phi) is 5.93. The number of methoxy groups -OCH3 is 1. The predicted octanol–water partition coefficient (Wildman–Crippen LogP) is 3.28. The minimum absolute atomic E-state index is 0.0153. The summed E-state index contributed by atoms with van der Waals surface area (Å²) in [6, 6.07) is 12.4. The lowest BCUT2D eigenvalue weighted by atomic mass is 10.1. The average molecular weight is 413 g/mol. The largest absolute Gasteiger partial charge is 0.497 e. The number of para-hydroxylation sites is 1. The van der Waals surface area contributed by atoms with Crippen LogP contribution in [0.1, 0.15) is 5.56 Å². The molecule has 3 rings (SSSR count). The van der Waals surface area contributed by atoms with E-state index in [0.29, 0.717) is 23.2 Å². The third kappa shape index (κ3) is 4.61. The molecule has 0 unspecified atom stereocenters. The summed E-state index contributed by atoms with van der Waals surface area (Å²) in [5, 5.41) is 13.1. The SMILES string of the molecule is COc1ccc(NC(=O)CN2C(=O)S/C(=C/c3ccccc3[N+](=O)[O-])C2=O)cc1. The number of imide groups is 1. The van der Waals surface area contributed by atoms with E-state index in [-0.39, 0.29) is 16.2 Å². The Morgan fingerprint density at radius 2 is 1.90 bits per heavy atom. The summed E-state index contributed by atoms with van der Waals surface area (Å²) in [6.07, 6.45) is 1.28. The molecule has 3 amide bonds. The Balaban J connectivity index is 1.72. The molecular formula is C19H15N3O6S. The Morgan fingerprint density at radius 1 is 1.21 bits per heavy atom. The van der Waals surface area contributed by atoms with E-state index in [1.807, 2.05) is 0 Å². The van der Waals surface area contributed by atoms with Crippen molar-refractivity contribution in [1.29, 1.82) is 0 Å². The Bertz CT molecular complexity index is 1020. The summed E-state index contributed by atoms with van der Waals surface area (Å²) < 4.78 is 5.03. The van der Waals surface area contributed by atoms with Crippen molar-refractivity contribution in [3.05, 3.63) is 69.1 Å². The third-order valence-corrected chi connectivity index (χ3v) is 4.88. The first-order valence-corrected chi connectivity index (χ1v) is 9.13. The summed E-state index contributed by atoms with van der Waals surface area (Å²) in [6.45, 7) is -0.467. The lowest BCUT2D eigenvalue weighted by molar-refractivity contribution is -0.385. The number of carbonyl (C=O) groups excluding carboxylic acids is 3. The summed E-state index contributed by atoms with van der Waals surface area (Å²) in [7, 11) is 1.52. The molecule has 29 heavy (non-hydrogen) atoms. The number of nitrogens with zero attached hydrogens (tertiary/aromatic N) is 2. The van der Waals surface area contributed by atoms with Crippen LogP contribution in [0.15, 0.2) is 53.4 Å². The van der Waals surface area contributed by atoms with Crippen molar-refractivity contribution in [3.63, 3.8) is 0 Å². The fourth-order valence-electron chi connectivity index (χ4n) is 2.57. The van der Waals surface area contributed by atoms with E-state index >= 15 is 0 Å². The van der Waals surface area contributed by atoms with Gasteiger partial charge in [-0.15, -0.1) is 0 Å². The second-order valence-corrected chi connectivity index (χ2v) is 6.85. The van der Waals surface area contributed by atoms with Gasteiger partial charge in [0.2, 0.25) is 5.91 Å². The third-order valence-electron chi connectivity index (χ3n) is 3.97. The molecule has 0 radical (unpaired) electrons. The second-order valence-electron chi connectivity index (χ2n) is 5.86. The van der Waals surface area contributed by atoms with E-state index < -0.39 is 28.5 Å². The molecule has 148 valence electrons. The van der Waals surface area contributed by atoms with Crippen LogP contribution in [0, 0.1) is 10.1 Å². The van der Waals surface area contributed by atoms with Gasteiger partial charge in [0.1, 0.15) is 12.3 Å². The van der Waals surface area contributed by atoms with Crippen LogP contribution in [-0.2, 0) is 9.59 Å². The van der Waals surface area contributed by atoms with Crippen LogP contribution in [0.4, 0.5) is 16.2 Å². The zero-order chi connectivity index (χ0) is 21.0. The molecule has 0 aliphatic carbocycles. The first kappa shape index (κ1) is 20.1. The van der Waals surface area contributed by atoms with Gasteiger partial charge in [0, 0.05) is 11.8 Å². The monoisotopic (exact) mass is 413 g/mol. The average Bonchev–Trinajstić information content (AvgIpc) is 2.96. The number of nitro groups is 1. The van der Waals surface area contributed by atoms with Gasteiger partial charge in [0.05, 0.1) is 22.5 Å². The van der Waals surface area contributed by atoms with Gasteiger partial charge in [-0.05, 0) is 48.2 Å². The summed E-state index contributed by atoms with van der Waals surface area (Å²) in [5.74, 6) is -0.610. The van der Waals surface area contributed by atoms with E-state index in [0.717, 1.165) is 4.90 Å². The number of nitro benzene ring substituents is 1. The number of rotatable bonds is 6. The molecule has 1 fully saturated rings. The van der Waals surface area contributed by atoms with Crippen molar-refractivity contribution in [3.8, 4) is 5.75 Å². The van der Waals surface area contributed by atoms with Gasteiger partial charge in [0.25, 0.3) is 16.8 Å². The van der Waals surface area contributed by atoms with Crippen molar-refractivity contribution < 1.29 is 24.0 Å². The normalized spacial score (nSPS) is 14.9. The Morgan fingerprint density at radius 3 is 2.55 bits per heavy atom. The molecule has 0 saturated carbocycles.